The molecule has 3 aromatic rings. The van der Waals surface area contributed by atoms with Crippen LogP contribution in [-0.2, 0) is 11.2 Å². The van der Waals surface area contributed by atoms with Crippen molar-refractivity contribution in [3.8, 4) is 11.5 Å². The summed E-state index contributed by atoms with van der Waals surface area (Å²) in [5.41, 5.74) is 1.42. The minimum absolute atomic E-state index is 0.123. The van der Waals surface area contributed by atoms with E-state index in [0.717, 1.165) is 10.7 Å². The molecule has 2 heterocycles. The van der Waals surface area contributed by atoms with Crippen molar-refractivity contribution in [2.45, 2.75) is 18.6 Å². The lowest BCUT2D eigenvalue weighted by Gasteiger charge is -2.11. The summed E-state index contributed by atoms with van der Waals surface area (Å²) < 4.78 is 16.0. The van der Waals surface area contributed by atoms with Crippen molar-refractivity contribution in [1.29, 1.82) is 0 Å². The third kappa shape index (κ3) is 5.20. The molecule has 0 spiro atoms. The number of aromatic nitrogens is 3. The Balaban J connectivity index is 1.55. The number of nitrogens with zero attached hydrogens (tertiary/aromatic N) is 3. The summed E-state index contributed by atoms with van der Waals surface area (Å²) in [4.78, 5) is 16.6. The number of rotatable bonds is 8. The van der Waals surface area contributed by atoms with Gasteiger partial charge in [-0.1, -0.05) is 11.8 Å². The quantitative estimate of drug-likeness (QED) is 0.570. The number of thioether (sulfide) groups is 1. The number of amides is 1. The first-order chi connectivity index (χ1) is 13.1. The minimum atomic E-state index is -0.221. The molecule has 0 saturated heterocycles. The Morgan fingerprint density at radius 2 is 2.15 bits per heavy atom. The highest BCUT2D eigenvalue weighted by atomic mass is 32.2. The number of thiazole rings is 1. The SMILES string of the molecule is COc1ccc(OC)c(NC(=O)CSc2nnc(Cc3csc(C)n3)o2)c1. The molecule has 0 saturated carbocycles. The van der Waals surface area contributed by atoms with Crippen molar-refractivity contribution in [2.24, 2.45) is 0 Å². The smallest absolute Gasteiger partial charge is 0.277 e. The zero-order valence-electron chi connectivity index (χ0n) is 15.0. The molecule has 8 nitrogen and oxygen atoms in total. The van der Waals surface area contributed by atoms with E-state index in [1.54, 1.807) is 36.6 Å². The molecule has 0 atom stereocenters. The molecule has 1 aromatic carbocycles. The van der Waals surface area contributed by atoms with Crippen LogP contribution in [0.5, 0.6) is 11.5 Å². The van der Waals surface area contributed by atoms with E-state index in [0.29, 0.717) is 34.7 Å². The molecule has 27 heavy (non-hydrogen) atoms. The molecular weight excluding hydrogens is 388 g/mol. The maximum atomic E-state index is 12.2. The van der Waals surface area contributed by atoms with Gasteiger partial charge >= 0.3 is 0 Å². The zero-order valence-corrected chi connectivity index (χ0v) is 16.6. The van der Waals surface area contributed by atoms with Gasteiger partial charge in [-0.25, -0.2) is 4.98 Å². The number of aryl methyl sites for hydroxylation is 1. The number of hydrogen-bond acceptors (Lipinski definition) is 9. The van der Waals surface area contributed by atoms with Gasteiger partial charge in [-0.3, -0.25) is 4.79 Å². The van der Waals surface area contributed by atoms with E-state index in [9.17, 15) is 4.79 Å². The van der Waals surface area contributed by atoms with Gasteiger partial charge in [0, 0.05) is 11.4 Å². The summed E-state index contributed by atoms with van der Waals surface area (Å²) in [6, 6.07) is 5.18. The number of carbonyl (C=O) groups excluding carboxylic acids is 1. The monoisotopic (exact) mass is 406 g/mol. The van der Waals surface area contributed by atoms with E-state index in [1.165, 1.54) is 18.9 Å². The molecule has 0 unspecified atom stereocenters. The lowest BCUT2D eigenvalue weighted by atomic mass is 10.2. The van der Waals surface area contributed by atoms with Crippen molar-refractivity contribution in [1.82, 2.24) is 15.2 Å². The third-order valence-corrected chi connectivity index (χ3v) is 5.10. The molecule has 2 aromatic heterocycles. The third-order valence-electron chi connectivity index (χ3n) is 3.45. The van der Waals surface area contributed by atoms with Crippen molar-refractivity contribution in [3.63, 3.8) is 0 Å². The van der Waals surface area contributed by atoms with Gasteiger partial charge in [-0.15, -0.1) is 21.5 Å². The van der Waals surface area contributed by atoms with Crippen LogP contribution < -0.4 is 14.8 Å². The van der Waals surface area contributed by atoms with Crippen LogP contribution in [0.4, 0.5) is 5.69 Å². The van der Waals surface area contributed by atoms with E-state index >= 15 is 0 Å². The molecule has 142 valence electrons. The average Bonchev–Trinajstić information content (AvgIpc) is 3.29. The molecule has 0 fully saturated rings. The first kappa shape index (κ1) is 19.2. The Labute approximate surface area is 164 Å². The largest absolute Gasteiger partial charge is 0.497 e. The van der Waals surface area contributed by atoms with Crippen LogP contribution >= 0.6 is 23.1 Å². The second-order valence-corrected chi connectivity index (χ2v) is 7.39. The Morgan fingerprint density at radius 1 is 1.30 bits per heavy atom. The number of benzene rings is 1. The van der Waals surface area contributed by atoms with Crippen molar-refractivity contribution < 1.29 is 18.7 Å². The minimum Gasteiger partial charge on any atom is -0.497 e. The highest BCUT2D eigenvalue weighted by molar-refractivity contribution is 7.99. The highest BCUT2D eigenvalue weighted by Crippen LogP contribution is 2.29. The fourth-order valence-electron chi connectivity index (χ4n) is 2.24. The summed E-state index contributed by atoms with van der Waals surface area (Å²) in [5, 5.41) is 14.0. The van der Waals surface area contributed by atoms with E-state index < -0.39 is 0 Å². The number of anilines is 1. The van der Waals surface area contributed by atoms with Gasteiger partial charge in [0.05, 0.1) is 42.8 Å². The van der Waals surface area contributed by atoms with E-state index in [-0.39, 0.29) is 11.7 Å². The number of methoxy groups -OCH3 is 2. The van der Waals surface area contributed by atoms with Gasteiger partial charge in [0.1, 0.15) is 11.5 Å². The number of carbonyl (C=O) groups is 1. The van der Waals surface area contributed by atoms with Crippen molar-refractivity contribution >= 4 is 34.7 Å². The lowest BCUT2D eigenvalue weighted by Crippen LogP contribution is -2.14. The predicted molar refractivity (Wildman–Crippen MR) is 103 cm³/mol. The van der Waals surface area contributed by atoms with Crippen molar-refractivity contribution in [2.75, 3.05) is 25.3 Å². The standard InChI is InChI=1S/C17H18N4O4S2/c1-10-18-11(8-26-10)6-16-20-21-17(25-16)27-9-15(22)19-13-7-12(23-2)4-5-14(13)24-3/h4-5,7-8H,6,9H2,1-3H3,(H,19,22). The summed E-state index contributed by atoms with van der Waals surface area (Å²) in [5.74, 6) is 1.54. The van der Waals surface area contributed by atoms with Crippen LogP contribution in [0, 0.1) is 6.92 Å². The maximum Gasteiger partial charge on any atom is 0.277 e. The van der Waals surface area contributed by atoms with Gasteiger partial charge in [-0.05, 0) is 19.1 Å². The molecule has 0 bridgehead atoms. The first-order valence-electron chi connectivity index (χ1n) is 7.95. The van der Waals surface area contributed by atoms with E-state index in [1.807, 2.05) is 12.3 Å². The second-order valence-electron chi connectivity index (χ2n) is 5.40. The molecule has 0 aliphatic rings. The number of hydrogen-bond donors (Lipinski definition) is 1. The van der Waals surface area contributed by atoms with Gasteiger partial charge < -0.3 is 19.2 Å². The summed E-state index contributed by atoms with van der Waals surface area (Å²) in [6.45, 7) is 1.94. The van der Waals surface area contributed by atoms with Crippen LogP contribution in [0.3, 0.4) is 0 Å². The second kappa shape index (κ2) is 8.87. The molecule has 0 aliphatic carbocycles. The molecule has 10 heteroatoms. The Hall–Kier alpha value is -2.59. The van der Waals surface area contributed by atoms with Crippen LogP contribution in [0.2, 0.25) is 0 Å². The van der Waals surface area contributed by atoms with E-state index in [2.05, 4.69) is 20.5 Å². The fraction of sp³-hybridized carbons (Fsp3) is 0.294. The van der Waals surface area contributed by atoms with Gasteiger partial charge in [0.2, 0.25) is 11.8 Å². The fourth-order valence-corrected chi connectivity index (χ4v) is 3.43. The predicted octanol–water partition coefficient (Wildman–Crippen LogP) is 3.17. The number of ether oxygens (including phenoxy) is 2. The Bertz CT molecular complexity index is 925. The van der Waals surface area contributed by atoms with Crippen LogP contribution in [0.1, 0.15) is 16.6 Å². The summed E-state index contributed by atoms with van der Waals surface area (Å²) in [6.07, 6.45) is 0.477. The number of nitrogens with one attached hydrogen (secondary N) is 1. The maximum absolute atomic E-state index is 12.2. The molecular formula is C17H18N4O4S2. The summed E-state index contributed by atoms with van der Waals surface area (Å²) >= 11 is 2.74. The Morgan fingerprint density at radius 3 is 2.85 bits per heavy atom. The van der Waals surface area contributed by atoms with Gasteiger partial charge in [-0.2, -0.15) is 0 Å². The molecule has 0 aliphatic heterocycles. The molecule has 0 radical (unpaired) electrons. The highest BCUT2D eigenvalue weighted by Gasteiger charge is 2.13. The van der Waals surface area contributed by atoms with Crippen molar-refractivity contribution in [3.05, 3.63) is 40.2 Å². The zero-order chi connectivity index (χ0) is 19.2. The Kier molecular flexibility index (Phi) is 6.30. The lowest BCUT2D eigenvalue weighted by molar-refractivity contribution is -0.113. The molecule has 1 N–H and O–H groups in total. The summed E-state index contributed by atoms with van der Waals surface area (Å²) in [7, 11) is 3.10. The molecule has 1 amide bonds. The molecule has 3 rings (SSSR count). The van der Waals surface area contributed by atoms with Crippen LogP contribution in [-0.4, -0.2) is 41.1 Å². The first-order valence-corrected chi connectivity index (χ1v) is 9.82. The van der Waals surface area contributed by atoms with E-state index in [4.69, 9.17) is 13.9 Å². The average molecular weight is 406 g/mol. The normalized spacial score (nSPS) is 10.6. The van der Waals surface area contributed by atoms with Gasteiger partial charge in [0.25, 0.3) is 5.22 Å². The van der Waals surface area contributed by atoms with Crippen LogP contribution in [0.15, 0.2) is 33.2 Å². The topological polar surface area (TPSA) is 99.4 Å². The van der Waals surface area contributed by atoms with Gasteiger partial charge in [0.15, 0.2) is 0 Å². The van der Waals surface area contributed by atoms with Crippen LogP contribution in [0.25, 0.3) is 0 Å².